The molecule has 2 rings (SSSR count). The molecule has 0 spiro atoms. The Kier molecular flexibility index (Phi) is 3.06. The highest BCUT2D eigenvalue weighted by Crippen LogP contribution is 2.22. The molecule has 0 aromatic carbocycles. The van der Waals surface area contributed by atoms with Gasteiger partial charge in [0, 0.05) is 23.9 Å². The predicted molar refractivity (Wildman–Crippen MR) is 63.0 cm³/mol. The summed E-state index contributed by atoms with van der Waals surface area (Å²) in [5, 5.41) is 3.57. The third kappa shape index (κ3) is 2.57. The van der Waals surface area contributed by atoms with Crippen molar-refractivity contribution in [2.45, 2.75) is 45.1 Å². The van der Waals surface area contributed by atoms with Crippen molar-refractivity contribution in [3.8, 4) is 0 Å². The molecule has 1 saturated heterocycles. The summed E-state index contributed by atoms with van der Waals surface area (Å²) in [6.07, 6.45) is 6.70. The Labute approximate surface area is 92.1 Å². The molecule has 15 heavy (non-hydrogen) atoms. The first-order chi connectivity index (χ1) is 7.22. The van der Waals surface area contributed by atoms with Crippen LogP contribution in [0.2, 0.25) is 0 Å². The van der Waals surface area contributed by atoms with Crippen LogP contribution in [0.15, 0.2) is 18.3 Å². The van der Waals surface area contributed by atoms with Crippen molar-refractivity contribution in [1.82, 2.24) is 10.3 Å². The van der Waals surface area contributed by atoms with Gasteiger partial charge in [-0.3, -0.25) is 4.98 Å². The first-order valence-corrected chi connectivity index (χ1v) is 5.91. The van der Waals surface area contributed by atoms with Crippen molar-refractivity contribution in [3.05, 3.63) is 29.6 Å². The summed E-state index contributed by atoms with van der Waals surface area (Å²) < 4.78 is 0. The Morgan fingerprint density at radius 2 is 2.33 bits per heavy atom. The van der Waals surface area contributed by atoms with Gasteiger partial charge in [0.2, 0.25) is 0 Å². The van der Waals surface area contributed by atoms with Crippen LogP contribution in [0.4, 0.5) is 0 Å². The van der Waals surface area contributed by atoms with Crippen LogP contribution in [0.5, 0.6) is 0 Å². The summed E-state index contributed by atoms with van der Waals surface area (Å²) in [5.41, 5.74) is 2.81. The smallest absolute Gasteiger partial charge is 0.0422 e. The van der Waals surface area contributed by atoms with E-state index < -0.39 is 0 Å². The number of hydrogen-bond acceptors (Lipinski definition) is 2. The van der Waals surface area contributed by atoms with Crippen molar-refractivity contribution >= 4 is 0 Å². The van der Waals surface area contributed by atoms with E-state index in [1.807, 2.05) is 6.20 Å². The molecule has 1 unspecified atom stereocenters. The Morgan fingerprint density at radius 1 is 1.47 bits per heavy atom. The maximum atomic E-state index is 4.52. The average Bonchev–Trinajstić information content (AvgIpc) is 2.66. The first kappa shape index (κ1) is 10.6. The van der Waals surface area contributed by atoms with Gasteiger partial charge in [0.1, 0.15) is 0 Å². The zero-order valence-corrected chi connectivity index (χ0v) is 9.71. The monoisotopic (exact) mass is 204 g/mol. The van der Waals surface area contributed by atoms with Crippen molar-refractivity contribution in [2.75, 3.05) is 6.54 Å². The van der Waals surface area contributed by atoms with Crippen LogP contribution in [0.25, 0.3) is 0 Å². The summed E-state index contributed by atoms with van der Waals surface area (Å²) >= 11 is 0. The number of rotatable bonds is 3. The number of hydrogen-bond donors (Lipinski definition) is 1. The fourth-order valence-corrected chi connectivity index (χ4v) is 2.28. The number of nitrogens with one attached hydrogen (secondary N) is 1. The SMILES string of the molecule is CCc1ccc(CC2(C)CCCN2)nc1. The summed E-state index contributed by atoms with van der Waals surface area (Å²) in [6.45, 7) is 5.62. The van der Waals surface area contributed by atoms with Gasteiger partial charge in [0.15, 0.2) is 0 Å². The zero-order chi connectivity index (χ0) is 10.7. The van der Waals surface area contributed by atoms with E-state index >= 15 is 0 Å². The molecule has 1 aromatic rings. The van der Waals surface area contributed by atoms with Gasteiger partial charge in [-0.05, 0) is 44.4 Å². The van der Waals surface area contributed by atoms with Gasteiger partial charge in [-0.15, -0.1) is 0 Å². The molecular weight excluding hydrogens is 184 g/mol. The zero-order valence-electron chi connectivity index (χ0n) is 9.71. The average molecular weight is 204 g/mol. The molecule has 2 heterocycles. The lowest BCUT2D eigenvalue weighted by molar-refractivity contribution is 0.408. The Morgan fingerprint density at radius 3 is 2.87 bits per heavy atom. The molecule has 2 nitrogen and oxygen atoms in total. The maximum Gasteiger partial charge on any atom is 0.0422 e. The van der Waals surface area contributed by atoms with Crippen LogP contribution in [0, 0.1) is 0 Å². The minimum absolute atomic E-state index is 0.279. The normalized spacial score (nSPS) is 25.7. The Hall–Kier alpha value is -0.890. The number of nitrogens with zero attached hydrogens (tertiary/aromatic N) is 1. The summed E-state index contributed by atoms with van der Waals surface area (Å²) in [7, 11) is 0. The highest BCUT2D eigenvalue weighted by atomic mass is 15.0. The van der Waals surface area contributed by atoms with E-state index in [2.05, 4.69) is 36.3 Å². The highest BCUT2D eigenvalue weighted by Gasteiger charge is 2.28. The lowest BCUT2D eigenvalue weighted by atomic mass is 9.94. The third-order valence-electron chi connectivity index (χ3n) is 3.32. The van der Waals surface area contributed by atoms with E-state index in [1.54, 1.807) is 0 Å². The minimum atomic E-state index is 0.279. The fourth-order valence-electron chi connectivity index (χ4n) is 2.28. The van der Waals surface area contributed by atoms with Gasteiger partial charge >= 0.3 is 0 Å². The second-order valence-corrected chi connectivity index (χ2v) is 4.78. The molecule has 0 aliphatic carbocycles. The van der Waals surface area contributed by atoms with E-state index in [0.717, 1.165) is 19.4 Å². The van der Waals surface area contributed by atoms with Gasteiger partial charge in [-0.25, -0.2) is 0 Å². The van der Waals surface area contributed by atoms with Crippen LogP contribution < -0.4 is 5.32 Å². The number of aryl methyl sites for hydroxylation is 1. The summed E-state index contributed by atoms with van der Waals surface area (Å²) in [5.74, 6) is 0. The van der Waals surface area contributed by atoms with Crippen molar-refractivity contribution in [2.24, 2.45) is 0 Å². The second kappa shape index (κ2) is 4.31. The summed E-state index contributed by atoms with van der Waals surface area (Å²) in [4.78, 5) is 4.52. The molecular formula is C13H20N2. The lowest BCUT2D eigenvalue weighted by Crippen LogP contribution is -2.38. The molecule has 0 saturated carbocycles. The van der Waals surface area contributed by atoms with Gasteiger partial charge in [0.05, 0.1) is 0 Å². The summed E-state index contributed by atoms with van der Waals surface area (Å²) in [6, 6.07) is 4.37. The minimum Gasteiger partial charge on any atom is -0.311 e. The molecule has 1 atom stereocenters. The van der Waals surface area contributed by atoms with Crippen molar-refractivity contribution in [1.29, 1.82) is 0 Å². The fraction of sp³-hybridized carbons (Fsp3) is 0.615. The Balaban J connectivity index is 2.04. The molecule has 1 aliphatic heterocycles. The van der Waals surface area contributed by atoms with Gasteiger partial charge in [0.25, 0.3) is 0 Å². The van der Waals surface area contributed by atoms with Gasteiger partial charge in [-0.2, -0.15) is 0 Å². The van der Waals surface area contributed by atoms with Crippen LogP contribution in [-0.2, 0) is 12.8 Å². The van der Waals surface area contributed by atoms with Crippen LogP contribution in [0.3, 0.4) is 0 Å². The van der Waals surface area contributed by atoms with Crippen LogP contribution in [0.1, 0.15) is 37.9 Å². The third-order valence-corrected chi connectivity index (χ3v) is 3.32. The number of pyridine rings is 1. The van der Waals surface area contributed by atoms with E-state index in [9.17, 15) is 0 Å². The molecule has 1 N–H and O–H groups in total. The molecule has 1 aliphatic rings. The topological polar surface area (TPSA) is 24.9 Å². The van der Waals surface area contributed by atoms with Gasteiger partial charge in [-0.1, -0.05) is 13.0 Å². The van der Waals surface area contributed by atoms with Gasteiger partial charge < -0.3 is 5.32 Å². The molecule has 2 heteroatoms. The number of aromatic nitrogens is 1. The van der Waals surface area contributed by atoms with Crippen LogP contribution >= 0.6 is 0 Å². The quantitative estimate of drug-likeness (QED) is 0.817. The standard InChI is InChI=1S/C13H20N2/c1-3-11-5-6-12(14-10-11)9-13(2)7-4-8-15-13/h5-6,10,15H,3-4,7-9H2,1-2H3. The van der Waals surface area contributed by atoms with E-state index in [0.29, 0.717) is 0 Å². The maximum absolute atomic E-state index is 4.52. The highest BCUT2D eigenvalue weighted by molar-refractivity contribution is 5.16. The van der Waals surface area contributed by atoms with E-state index in [4.69, 9.17) is 0 Å². The molecule has 82 valence electrons. The molecule has 0 radical (unpaired) electrons. The molecule has 0 bridgehead atoms. The van der Waals surface area contributed by atoms with Crippen molar-refractivity contribution in [3.63, 3.8) is 0 Å². The molecule has 1 aromatic heterocycles. The van der Waals surface area contributed by atoms with E-state index in [1.165, 1.54) is 24.1 Å². The lowest BCUT2D eigenvalue weighted by Gasteiger charge is -2.23. The first-order valence-electron chi connectivity index (χ1n) is 5.91. The predicted octanol–water partition coefficient (Wildman–Crippen LogP) is 2.33. The largest absolute Gasteiger partial charge is 0.311 e. The second-order valence-electron chi connectivity index (χ2n) is 4.78. The molecule has 0 amide bonds. The van der Waals surface area contributed by atoms with Crippen LogP contribution in [-0.4, -0.2) is 17.1 Å². The Bertz CT molecular complexity index is 310. The van der Waals surface area contributed by atoms with E-state index in [-0.39, 0.29) is 5.54 Å². The molecule has 1 fully saturated rings. The van der Waals surface area contributed by atoms with Crippen molar-refractivity contribution < 1.29 is 0 Å².